The second-order valence-corrected chi connectivity index (χ2v) is 3.14. The molecule has 0 radical (unpaired) electrons. The molecular weight excluding hydrogens is 162 g/mol. The molecule has 2 unspecified atom stereocenters. The van der Waals surface area contributed by atoms with E-state index in [9.17, 15) is 0 Å². The van der Waals surface area contributed by atoms with Crippen molar-refractivity contribution >= 4 is 0 Å². The van der Waals surface area contributed by atoms with Crippen molar-refractivity contribution in [2.24, 2.45) is 0 Å². The van der Waals surface area contributed by atoms with Crippen molar-refractivity contribution in [2.45, 2.75) is 43.9 Å². The molecule has 0 amide bonds. The molecule has 0 aromatic heterocycles. The van der Waals surface area contributed by atoms with Crippen LogP contribution in [0, 0.1) is 0 Å². The predicted molar refractivity (Wildman–Crippen MR) is 41.0 cm³/mol. The van der Waals surface area contributed by atoms with E-state index in [4.69, 9.17) is 20.4 Å². The van der Waals surface area contributed by atoms with Crippen LogP contribution in [-0.4, -0.2) is 45.1 Å². The van der Waals surface area contributed by atoms with Gasteiger partial charge in [0.1, 0.15) is 0 Å². The summed E-state index contributed by atoms with van der Waals surface area (Å²) >= 11 is 0. The molecule has 12 heavy (non-hydrogen) atoms. The van der Waals surface area contributed by atoms with Crippen molar-refractivity contribution in [1.29, 1.82) is 0 Å². The van der Waals surface area contributed by atoms with Crippen LogP contribution >= 0.6 is 0 Å². The van der Waals surface area contributed by atoms with Gasteiger partial charge in [0.25, 0.3) is 0 Å². The summed E-state index contributed by atoms with van der Waals surface area (Å²) in [4.78, 5) is 0. The Labute approximate surface area is 70.6 Å². The molecule has 1 aliphatic heterocycles. The Balaban J connectivity index is 2.40. The molecule has 1 saturated heterocycles. The lowest BCUT2D eigenvalue weighted by Gasteiger charge is -2.32. The van der Waals surface area contributed by atoms with Gasteiger partial charge in [-0.1, -0.05) is 0 Å². The van der Waals surface area contributed by atoms with Gasteiger partial charge in [0.2, 0.25) is 0 Å². The number of hydrogen-bond donors (Lipinski definition) is 5. The zero-order valence-electron chi connectivity index (χ0n) is 6.72. The minimum atomic E-state index is -1.42. The first kappa shape index (κ1) is 9.88. The van der Waals surface area contributed by atoms with Gasteiger partial charge in [0.15, 0.2) is 12.6 Å². The van der Waals surface area contributed by atoms with Crippen LogP contribution in [-0.2, 0) is 0 Å². The average Bonchev–Trinajstić information content (AvgIpc) is 2.04. The molecule has 0 bridgehead atoms. The number of aliphatic hydroxyl groups excluding tert-OH is 2. The van der Waals surface area contributed by atoms with Gasteiger partial charge < -0.3 is 25.7 Å². The molecular formula is C7H15NO4. The van der Waals surface area contributed by atoms with E-state index in [1.165, 1.54) is 0 Å². The smallest absolute Gasteiger partial charge is 0.167 e. The first-order valence-corrected chi connectivity index (χ1v) is 4.09. The fourth-order valence-corrected chi connectivity index (χ4v) is 1.47. The molecule has 2 atom stereocenters. The van der Waals surface area contributed by atoms with Crippen LogP contribution in [0.15, 0.2) is 0 Å². The molecule has 0 aromatic carbocycles. The van der Waals surface area contributed by atoms with Gasteiger partial charge in [-0.05, 0) is 19.3 Å². The van der Waals surface area contributed by atoms with Crippen LogP contribution in [0.3, 0.4) is 0 Å². The highest BCUT2D eigenvalue weighted by Gasteiger charge is 2.28. The number of hydrogen-bond acceptors (Lipinski definition) is 5. The minimum Gasteiger partial charge on any atom is -0.367 e. The quantitative estimate of drug-likeness (QED) is 0.318. The Morgan fingerprint density at radius 1 is 0.917 bits per heavy atom. The predicted octanol–water partition coefficient (Wildman–Crippen LogP) is -1.88. The van der Waals surface area contributed by atoms with E-state index in [0.717, 1.165) is 6.42 Å². The maximum Gasteiger partial charge on any atom is 0.167 e. The van der Waals surface area contributed by atoms with Crippen molar-refractivity contribution in [1.82, 2.24) is 5.32 Å². The summed E-state index contributed by atoms with van der Waals surface area (Å²) in [5.74, 6) is 0. The fraction of sp³-hybridized carbons (Fsp3) is 1.00. The van der Waals surface area contributed by atoms with Crippen LogP contribution in [0.2, 0.25) is 0 Å². The molecule has 0 saturated carbocycles. The topological polar surface area (TPSA) is 93.0 Å². The second kappa shape index (κ2) is 4.15. The second-order valence-electron chi connectivity index (χ2n) is 3.14. The molecule has 0 spiro atoms. The zero-order chi connectivity index (χ0) is 9.14. The van der Waals surface area contributed by atoms with E-state index in [-0.39, 0.29) is 0 Å². The van der Waals surface area contributed by atoms with E-state index < -0.39 is 24.7 Å². The standard InChI is InChI=1S/C7H15NO4/c9-6(10)4-2-1-3-5(8-4)7(11)12/h4-12H,1-3H2. The molecule has 1 fully saturated rings. The lowest BCUT2D eigenvalue weighted by Crippen LogP contribution is -2.53. The summed E-state index contributed by atoms with van der Waals surface area (Å²) in [6, 6.07) is -0.879. The van der Waals surface area contributed by atoms with E-state index in [2.05, 4.69) is 5.32 Å². The Bertz CT molecular complexity index is 125. The molecule has 5 N–H and O–H groups in total. The van der Waals surface area contributed by atoms with Gasteiger partial charge in [-0.3, -0.25) is 0 Å². The van der Waals surface area contributed by atoms with E-state index in [0.29, 0.717) is 12.8 Å². The van der Waals surface area contributed by atoms with Crippen molar-refractivity contribution in [3.8, 4) is 0 Å². The van der Waals surface area contributed by atoms with Crippen LogP contribution in [0.4, 0.5) is 0 Å². The summed E-state index contributed by atoms with van der Waals surface area (Å²) in [6.07, 6.45) is -0.766. The first-order chi connectivity index (χ1) is 5.61. The summed E-state index contributed by atoms with van der Waals surface area (Å²) in [5, 5.41) is 38.0. The monoisotopic (exact) mass is 177 g/mol. The Kier molecular flexibility index (Phi) is 3.42. The van der Waals surface area contributed by atoms with Gasteiger partial charge >= 0.3 is 0 Å². The van der Waals surface area contributed by atoms with Crippen LogP contribution in [0.5, 0.6) is 0 Å². The molecule has 1 aliphatic rings. The van der Waals surface area contributed by atoms with Crippen molar-refractivity contribution in [3.05, 3.63) is 0 Å². The van der Waals surface area contributed by atoms with Gasteiger partial charge in [0.05, 0.1) is 12.1 Å². The van der Waals surface area contributed by atoms with Crippen LogP contribution < -0.4 is 5.32 Å². The van der Waals surface area contributed by atoms with Crippen molar-refractivity contribution in [2.75, 3.05) is 0 Å². The fourth-order valence-electron chi connectivity index (χ4n) is 1.47. The van der Waals surface area contributed by atoms with E-state index in [1.54, 1.807) is 0 Å². The molecule has 0 aliphatic carbocycles. The number of piperidine rings is 1. The largest absolute Gasteiger partial charge is 0.367 e. The van der Waals surface area contributed by atoms with E-state index >= 15 is 0 Å². The van der Waals surface area contributed by atoms with Crippen molar-refractivity contribution in [3.63, 3.8) is 0 Å². The van der Waals surface area contributed by atoms with Crippen LogP contribution in [0.1, 0.15) is 19.3 Å². The Hall–Kier alpha value is -0.200. The highest BCUT2D eigenvalue weighted by Crippen LogP contribution is 2.15. The van der Waals surface area contributed by atoms with E-state index in [1.807, 2.05) is 0 Å². The average molecular weight is 177 g/mol. The van der Waals surface area contributed by atoms with Gasteiger partial charge in [-0.15, -0.1) is 0 Å². The number of aliphatic hydroxyl groups is 4. The lowest BCUT2D eigenvalue weighted by molar-refractivity contribution is -0.109. The van der Waals surface area contributed by atoms with Gasteiger partial charge in [-0.2, -0.15) is 0 Å². The molecule has 0 aromatic rings. The normalized spacial score (nSPS) is 31.5. The van der Waals surface area contributed by atoms with Crippen LogP contribution in [0.25, 0.3) is 0 Å². The zero-order valence-corrected chi connectivity index (χ0v) is 6.72. The molecule has 1 heterocycles. The maximum atomic E-state index is 8.81. The van der Waals surface area contributed by atoms with Gasteiger partial charge in [0, 0.05) is 0 Å². The maximum absolute atomic E-state index is 8.81. The third-order valence-electron chi connectivity index (χ3n) is 2.18. The number of rotatable bonds is 2. The number of nitrogens with one attached hydrogen (secondary N) is 1. The minimum absolute atomic E-state index is 0.439. The molecule has 1 rings (SSSR count). The highest BCUT2D eigenvalue weighted by molar-refractivity contribution is 4.82. The Morgan fingerprint density at radius 2 is 1.33 bits per heavy atom. The molecule has 5 heteroatoms. The lowest BCUT2D eigenvalue weighted by atomic mass is 9.98. The summed E-state index contributed by atoms with van der Waals surface area (Å²) < 4.78 is 0. The van der Waals surface area contributed by atoms with Gasteiger partial charge in [-0.25, -0.2) is 0 Å². The highest BCUT2D eigenvalue weighted by atomic mass is 16.5. The Morgan fingerprint density at radius 3 is 1.67 bits per heavy atom. The molecule has 72 valence electrons. The van der Waals surface area contributed by atoms with Crippen molar-refractivity contribution < 1.29 is 20.4 Å². The third-order valence-corrected chi connectivity index (χ3v) is 2.18. The summed E-state index contributed by atoms with van der Waals surface area (Å²) in [5.41, 5.74) is 0. The first-order valence-electron chi connectivity index (χ1n) is 4.09. The SMILES string of the molecule is OC(O)C1CCCC(C(O)O)N1. The summed E-state index contributed by atoms with van der Waals surface area (Å²) in [7, 11) is 0. The third kappa shape index (κ3) is 2.40. The summed E-state index contributed by atoms with van der Waals surface area (Å²) in [6.45, 7) is 0. The molecule has 5 nitrogen and oxygen atoms in total.